The summed E-state index contributed by atoms with van der Waals surface area (Å²) in [5.74, 6) is -2.21. The maximum Gasteiger partial charge on any atom is 0.310 e. The maximum atomic E-state index is 13.8. The predicted octanol–water partition coefficient (Wildman–Crippen LogP) is 2.64. The number of benzene rings is 2. The van der Waals surface area contributed by atoms with Crippen LogP contribution in [-0.2, 0) is 25.7 Å². The first-order chi connectivity index (χ1) is 22.8. The van der Waals surface area contributed by atoms with Crippen molar-refractivity contribution in [3.05, 3.63) is 107 Å². The molecule has 240 valence electrons. The van der Waals surface area contributed by atoms with Gasteiger partial charge in [0.2, 0.25) is 28.7 Å². The van der Waals surface area contributed by atoms with Gasteiger partial charge in [-0.1, -0.05) is 42.2 Å². The van der Waals surface area contributed by atoms with Crippen LogP contribution in [0.1, 0.15) is 56.2 Å². The van der Waals surface area contributed by atoms with Crippen LogP contribution in [0.15, 0.2) is 95.4 Å². The first kappa shape index (κ1) is 31.8. The van der Waals surface area contributed by atoms with Crippen LogP contribution in [0, 0.1) is 0 Å². The quantitative estimate of drug-likeness (QED) is 0.190. The van der Waals surface area contributed by atoms with Gasteiger partial charge in [0.1, 0.15) is 6.54 Å². The number of nitrogens with one attached hydrogen (secondary N) is 1. The Morgan fingerprint density at radius 2 is 1.74 bits per heavy atom. The summed E-state index contributed by atoms with van der Waals surface area (Å²) in [4.78, 5) is 53.1. The lowest BCUT2D eigenvalue weighted by Crippen LogP contribution is -2.83. The lowest BCUT2D eigenvalue weighted by Gasteiger charge is -2.31. The van der Waals surface area contributed by atoms with Crippen molar-refractivity contribution in [2.45, 2.75) is 57.5 Å². The minimum Gasteiger partial charge on any atom is -0.871 e. The van der Waals surface area contributed by atoms with E-state index >= 15 is 0 Å². The molecule has 1 aromatic heterocycles. The van der Waals surface area contributed by atoms with Gasteiger partial charge in [-0.25, -0.2) is 4.79 Å². The summed E-state index contributed by atoms with van der Waals surface area (Å²) in [5.41, 5.74) is 3.63. The van der Waals surface area contributed by atoms with Crippen LogP contribution in [0.25, 0.3) is 23.1 Å². The van der Waals surface area contributed by atoms with E-state index in [9.17, 15) is 24.3 Å². The molecule has 1 saturated carbocycles. The summed E-state index contributed by atoms with van der Waals surface area (Å²) in [5, 5.41) is 19.4. The van der Waals surface area contributed by atoms with Crippen LogP contribution in [0.2, 0.25) is 0 Å². The van der Waals surface area contributed by atoms with E-state index in [1.807, 2.05) is 82.3 Å². The van der Waals surface area contributed by atoms with Gasteiger partial charge >= 0.3 is 5.91 Å². The number of nitrogens with zero attached hydrogens (tertiary/aromatic N) is 2. The molecular formula is C38H39N4O5+. The molecule has 6 rings (SSSR count). The van der Waals surface area contributed by atoms with E-state index in [2.05, 4.69) is 5.32 Å². The number of quaternary nitrogens is 1. The SMILES string of the molecule is C[NH2+]C(=O)CCC[n+]1c(/C=C2\C(=O)C(=O)C(/C=C3\C=Cc4ccccc4N3CCCC(=O)NC3CCC3)=C2[O-])ccc2ccccc21. The van der Waals surface area contributed by atoms with Crippen LogP contribution >= 0.6 is 0 Å². The number of carbonyl (C=O) groups is 4. The topological polar surface area (TPSA) is 127 Å². The third kappa shape index (κ3) is 6.85. The number of aromatic nitrogens is 1. The number of hydrogen-bond acceptors (Lipinski definition) is 6. The third-order valence-electron chi connectivity index (χ3n) is 9.10. The molecule has 0 radical (unpaired) electrons. The molecular weight excluding hydrogens is 592 g/mol. The lowest BCUT2D eigenvalue weighted by molar-refractivity contribution is -0.673. The zero-order chi connectivity index (χ0) is 32.9. The van der Waals surface area contributed by atoms with E-state index in [4.69, 9.17) is 0 Å². The highest BCUT2D eigenvalue weighted by molar-refractivity contribution is 6.54. The Morgan fingerprint density at radius 3 is 2.53 bits per heavy atom. The van der Waals surface area contributed by atoms with E-state index in [-0.39, 0.29) is 29.0 Å². The Balaban J connectivity index is 1.31. The molecule has 9 heteroatoms. The second-order valence-electron chi connectivity index (χ2n) is 12.2. The number of hydrogen-bond donors (Lipinski definition) is 2. The van der Waals surface area contributed by atoms with Gasteiger partial charge in [-0.3, -0.25) is 19.7 Å². The largest absolute Gasteiger partial charge is 0.871 e. The number of pyridine rings is 1. The number of amides is 2. The summed E-state index contributed by atoms with van der Waals surface area (Å²) < 4.78 is 1.98. The Hall–Kier alpha value is -5.15. The monoisotopic (exact) mass is 631 g/mol. The molecule has 47 heavy (non-hydrogen) atoms. The van der Waals surface area contributed by atoms with Gasteiger partial charge < -0.3 is 15.3 Å². The average molecular weight is 632 g/mol. The fourth-order valence-electron chi connectivity index (χ4n) is 6.27. The molecule has 0 spiro atoms. The minimum absolute atomic E-state index is 0.0261. The number of aryl methyl sites for hydroxylation is 1. The molecule has 2 aliphatic carbocycles. The average Bonchev–Trinajstić information content (AvgIpc) is 3.26. The number of primary amides is 1. The van der Waals surface area contributed by atoms with Crippen LogP contribution in [0.4, 0.5) is 5.69 Å². The standard InChI is InChI=1S/C38H38N4O5/c1-39-34(43)15-7-21-41-28(19-17-25-9-2-4-13-32(25)41)23-30-36(45)31(38(47)37(30)46)24-29-20-18-26-10-3-5-14-33(26)42(29)22-8-16-35(44)40-27-11-6-12-27/h2-5,9-10,13-14,17-20,23-24,27H,6-8,11-12,15-16,21-22H2,1H3,(H2-,39,40,43,44,45,46,47)/p+1. The number of allylic oxidation sites excluding steroid dienone is 4. The molecule has 1 fully saturated rings. The number of Topliss-reactive ketones (excluding diaryl/α,β-unsaturated/α-hetero) is 2. The van der Waals surface area contributed by atoms with Crippen molar-refractivity contribution in [1.82, 2.24) is 5.32 Å². The molecule has 3 aromatic rings. The van der Waals surface area contributed by atoms with Gasteiger partial charge in [0.25, 0.3) is 0 Å². The number of anilines is 1. The number of nitrogens with two attached hydrogens (primary N) is 1. The molecule has 2 aromatic carbocycles. The van der Waals surface area contributed by atoms with Gasteiger partial charge in [-0.05, 0) is 61.6 Å². The highest BCUT2D eigenvalue weighted by atomic mass is 16.3. The van der Waals surface area contributed by atoms with Crippen molar-refractivity contribution < 1.29 is 34.2 Å². The van der Waals surface area contributed by atoms with Crippen molar-refractivity contribution in [3.8, 4) is 0 Å². The molecule has 3 aliphatic rings. The minimum atomic E-state index is -0.836. The van der Waals surface area contributed by atoms with Crippen molar-refractivity contribution in [3.63, 3.8) is 0 Å². The predicted molar refractivity (Wildman–Crippen MR) is 177 cm³/mol. The van der Waals surface area contributed by atoms with E-state index < -0.39 is 17.3 Å². The summed E-state index contributed by atoms with van der Waals surface area (Å²) in [6.45, 7) is 0.988. The normalized spacial score (nSPS) is 17.9. The molecule has 0 saturated heterocycles. The van der Waals surface area contributed by atoms with E-state index in [0.717, 1.165) is 41.4 Å². The van der Waals surface area contributed by atoms with E-state index in [0.29, 0.717) is 50.2 Å². The molecule has 0 bridgehead atoms. The van der Waals surface area contributed by atoms with Crippen molar-refractivity contribution in [1.29, 1.82) is 0 Å². The van der Waals surface area contributed by atoms with E-state index in [1.54, 1.807) is 12.4 Å². The summed E-state index contributed by atoms with van der Waals surface area (Å²) in [6.07, 6.45) is 11.9. The molecule has 2 heterocycles. The first-order valence-corrected chi connectivity index (χ1v) is 16.4. The fourth-order valence-corrected chi connectivity index (χ4v) is 6.27. The smallest absolute Gasteiger partial charge is 0.310 e. The molecule has 1 aliphatic heterocycles. The number of fused-ring (bicyclic) bond motifs is 2. The summed E-state index contributed by atoms with van der Waals surface area (Å²) in [6, 6.07) is 19.6. The zero-order valence-electron chi connectivity index (χ0n) is 26.5. The maximum absolute atomic E-state index is 13.8. The van der Waals surface area contributed by atoms with Crippen molar-refractivity contribution >= 4 is 52.1 Å². The van der Waals surface area contributed by atoms with Crippen molar-refractivity contribution in [2.75, 3.05) is 18.5 Å². The van der Waals surface area contributed by atoms with Gasteiger partial charge in [0.15, 0.2) is 0 Å². The highest BCUT2D eigenvalue weighted by Gasteiger charge is 2.32. The van der Waals surface area contributed by atoms with Crippen LogP contribution < -0.4 is 25.2 Å². The third-order valence-corrected chi connectivity index (χ3v) is 9.10. The van der Waals surface area contributed by atoms with Gasteiger partial charge in [-0.2, -0.15) is 4.57 Å². The van der Waals surface area contributed by atoms with Gasteiger partial charge in [0.05, 0.1) is 13.5 Å². The van der Waals surface area contributed by atoms with Crippen molar-refractivity contribution in [2.24, 2.45) is 0 Å². The Morgan fingerprint density at radius 1 is 0.957 bits per heavy atom. The number of para-hydroxylation sites is 2. The highest BCUT2D eigenvalue weighted by Crippen LogP contribution is 2.34. The molecule has 0 atom stereocenters. The van der Waals surface area contributed by atoms with Gasteiger partial charge in [-0.15, -0.1) is 0 Å². The Kier molecular flexibility index (Phi) is 9.54. The lowest BCUT2D eigenvalue weighted by atomic mass is 9.93. The second kappa shape index (κ2) is 14.1. The Labute approximate surface area is 274 Å². The zero-order valence-corrected chi connectivity index (χ0v) is 26.5. The first-order valence-electron chi connectivity index (χ1n) is 16.4. The fraction of sp³-hybridized carbons (Fsp3) is 0.289. The molecule has 2 amide bonds. The Bertz CT molecular complexity index is 1880. The van der Waals surface area contributed by atoms with E-state index in [1.165, 1.54) is 12.2 Å². The number of carbonyl (C=O) groups excluding carboxylic acids is 4. The van der Waals surface area contributed by atoms with Crippen LogP contribution in [0.5, 0.6) is 0 Å². The van der Waals surface area contributed by atoms with Gasteiger partial charge in [0, 0.05) is 71.6 Å². The summed E-state index contributed by atoms with van der Waals surface area (Å²) >= 11 is 0. The second-order valence-corrected chi connectivity index (χ2v) is 12.2. The van der Waals surface area contributed by atoms with Crippen LogP contribution in [0.3, 0.4) is 0 Å². The van der Waals surface area contributed by atoms with Crippen LogP contribution in [-0.4, -0.2) is 43.0 Å². The summed E-state index contributed by atoms with van der Waals surface area (Å²) in [7, 11) is 1.72. The number of rotatable bonds is 11. The molecule has 3 N–H and O–H groups in total. The molecule has 0 unspecified atom stereocenters. The number of ketones is 2. The molecule has 9 nitrogen and oxygen atoms in total.